The largest absolute Gasteiger partial charge is 0.497 e. The first-order valence-electron chi connectivity index (χ1n) is 6.00. The molecule has 0 aliphatic carbocycles. The number of hydrogen-bond acceptors (Lipinski definition) is 4. The van der Waals surface area contributed by atoms with Gasteiger partial charge in [-0.2, -0.15) is 5.26 Å². The highest BCUT2D eigenvalue weighted by atomic mass is 16.7. The van der Waals surface area contributed by atoms with Gasteiger partial charge in [-0.1, -0.05) is 6.07 Å². The van der Waals surface area contributed by atoms with Gasteiger partial charge in [0.1, 0.15) is 11.8 Å². The molecule has 4 nitrogen and oxygen atoms in total. The van der Waals surface area contributed by atoms with Gasteiger partial charge in [0.2, 0.25) is 0 Å². The average molecular weight is 244 g/mol. The highest BCUT2D eigenvalue weighted by molar-refractivity contribution is 6.62. The van der Waals surface area contributed by atoms with Crippen LogP contribution < -0.4 is 5.46 Å². The van der Waals surface area contributed by atoms with Crippen molar-refractivity contribution in [3.63, 3.8) is 0 Å². The zero-order chi connectivity index (χ0) is 13.6. The Balaban J connectivity index is 2.39. The van der Waals surface area contributed by atoms with E-state index in [1.54, 1.807) is 0 Å². The fraction of sp³-hybridized carbons (Fsp3) is 0.538. The van der Waals surface area contributed by atoms with Gasteiger partial charge in [-0.15, -0.1) is 0 Å². The predicted octanol–water partition coefficient (Wildman–Crippen LogP) is 1.56. The minimum Gasteiger partial charge on any atom is -0.399 e. The first-order chi connectivity index (χ1) is 8.27. The first kappa shape index (κ1) is 13.1. The lowest BCUT2D eigenvalue weighted by Crippen LogP contribution is -2.41. The minimum absolute atomic E-state index is 0.369. The van der Waals surface area contributed by atoms with Crippen LogP contribution in [0.4, 0.5) is 0 Å². The van der Waals surface area contributed by atoms with E-state index >= 15 is 0 Å². The maximum Gasteiger partial charge on any atom is 0.497 e. The molecule has 0 atom stereocenters. The molecule has 0 aromatic carbocycles. The Morgan fingerprint density at radius 1 is 1.17 bits per heavy atom. The summed E-state index contributed by atoms with van der Waals surface area (Å²) in [5.41, 5.74) is 1.06. The van der Waals surface area contributed by atoms with E-state index in [2.05, 4.69) is 11.1 Å². The lowest BCUT2D eigenvalue weighted by molar-refractivity contribution is 0.00578. The standard InChI is InChI=1S/C13H17BN2O2/c1-9-6-7-10(11(8-15)16-9)14-17-12(2,3)13(4,5)18-14/h6-7H,1-5H3. The molecule has 0 saturated carbocycles. The highest BCUT2D eigenvalue weighted by Crippen LogP contribution is 2.36. The van der Waals surface area contributed by atoms with Crippen molar-refractivity contribution in [1.29, 1.82) is 5.26 Å². The summed E-state index contributed by atoms with van der Waals surface area (Å²) in [6.07, 6.45) is 0. The van der Waals surface area contributed by atoms with E-state index in [9.17, 15) is 0 Å². The minimum atomic E-state index is -0.530. The maximum atomic E-state index is 9.14. The zero-order valence-electron chi connectivity index (χ0n) is 11.4. The van der Waals surface area contributed by atoms with Crippen molar-refractivity contribution >= 4 is 12.6 Å². The van der Waals surface area contributed by atoms with Gasteiger partial charge >= 0.3 is 7.12 Å². The molecular formula is C13H17BN2O2. The van der Waals surface area contributed by atoms with Gasteiger partial charge in [0.15, 0.2) is 0 Å². The van der Waals surface area contributed by atoms with Crippen molar-refractivity contribution < 1.29 is 9.31 Å². The Labute approximate surface area is 108 Å². The Hall–Kier alpha value is -1.38. The van der Waals surface area contributed by atoms with Gasteiger partial charge in [-0.25, -0.2) is 4.98 Å². The van der Waals surface area contributed by atoms with Gasteiger partial charge in [-0.3, -0.25) is 0 Å². The summed E-state index contributed by atoms with van der Waals surface area (Å²) >= 11 is 0. The molecule has 1 aliphatic heterocycles. The topological polar surface area (TPSA) is 55.1 Å². The molecule has 0 radical (unpaired) electrons. The summed E-state index contributed by atoms with van der Waals surface area (Å²) in [6, 6.07) is 5.81. The van der Waals surface area contributed by atoms with Crippen molar-refractivity contribution in [2.24, 2.45) is 0 Å². The number of aryl methyl sites for hydroxylation is 1. The van der Waals surface area contributed by atoms with E-state index in [0.29, 0.717) is 11.2 Å². The smallest absolute Gasteiger partial charge is 0.399 e. The molecule has 2 rings (SSSR count). The number of aromatic nitrogens is 1. The number of pyridine rings is 1. The molecule has 0 spiro atoms. The van der Waals surface area contributed by atoms with Crippen LogP contribution >= 0.6 is 0 Å². The van der Waals surface area contributed by atoms with Gasteiger partial charge in [0, 0.05) is 11.2 Å². The van der Waals surface area contributed by atoms with E-state index in [1.165, 1.54) is 0 Å². The lowest BCUT2D eigenvalue weighted by Gasteiger charge is -2.32. The molecule has 1 aromatic rings. The molecule has 0 amide bonds. The molecule has 0 unspecified atom stereocenters. The summed E-state index contributed by atoms with van der Waals surface area (Å²) in [7, 11) is -0.530. The summed E-state index contributed by atoms with van der Waals surface area (Å²) in [5.74, 6) is 0. The van der Waals surface area contributed by atoms with Crippen LogP contribution in [-0.4, -0.2) is 23.3 Å². The molecular weight excluding hydrogens is 227 g/mol. The van der Waals surface area contributed by atoms with Crippen molar-refractivity contribution in [3.8, 4) is 6.07 Å². The van der Waals surface area contributed by atoms with Crippen LogP contribution in [0.5, 0.6) is 0 Å². The number of nitrogens with zero attached hydrogens (tertiary/aromatic N) is 2. The predicted molar refractivity (Wildman–Crippen MR) is 69.4 cm³/mol. The third-order valence-electron chi connectivity index (χ3n) is 3.68. The summed E-state index contributed by atoms with van der Waals surface area (Å²) < 4.78 is 11.8. The molecule has 0 N–H and O–H groups in total. The van der Waals surface area contributed by atoms with Crippen molar-refractivity contribution in [3.05, 3.63) is 23.5 Å². The highest BCUT2D eigenvalue weighted by Gasteiger charge is 2.52. The molecule has 5 heteroatoms. The zero-order valence-corrected chi connectivity index (χ0v) is 11.4. The van der Waals surface area contributed by atoms with E-state index < -0.39 is 18.3 Å². The number of nitriles is 1. The third kappa shape index (κ3) is 2.02. The van der Waals surface area contributed by atoms with Crippen LogP contribution in [0.1, 0.15) is 39.1 Å². The number of rotatable bonds is 1. The van der Waals surface area contributed by atoms with Crippen LogP contribution in [0.15, 0.2) is 12.1 Å². The molecule has 18 heavy (non-hydrogen) atoms. The third-order valence-corrected chi connectivity index (χ3v) is 3.68. The Morgan fingerprint density at radius 3 is 2.22 bits per heavy atom. The average Bonchev–Trinajstić information content (AvgIpc) is 2.47. The van der Waals surface area contributed by atoms with Crippen molar-refractivity contribution in [1.82, 2.24) is 4.98 Å². The number of hydrogen-bond donors (Lipinski definition) is 0. The van der Waals surface area contributed by atoms with Gasteiger partial charge in [0.25, 0.3) is 0 Å². The van der Waals surface area contributed by atoms with Gasteiger partial charge in [-0.05, 0) is 40.7 Å². The fourth-order valence-corrected chi connectivity index (χ4v) is 1.82. The summed E-state index contributed by atoms with van der Waals surface area (Å²) in [6.45, 7) is 9.80. The summed E-state index contributed by atoms with van der Waals surface area (Å²) in [5, 5.41) is 9.14. The second kappa shape index (κ2) is 4.08. The molecule has 2 heterocycles. The second-order valence-electron chi connectivity index (χ2n) is 5.59. The fourth-order valence-electron chi connectivity index (χ4n) is 1.82. The van der Waals surface area contributed by atoms with E-state index in [4.69, 9.17) is 14.6 Å². The van der Waals surface area contributed by atoms with Crippen LogP contribution in [-0.2, 0) is 9.31 Å². The molecule has 1 saturated heterocycles. The van der Waals surface area contributed by atoms with Crippen LogP contribution in [0.3, 0.4) is 0 Å². The van der Waals surface area contributed by atoms with Gasteiger partial charge in [0.05, 0.1) is 11.2 Å². The maximum absolute atomic E-state index is 9.14. The van der Waals surface area contributed by atoms with Crippen LogP contribution in [0, 0.1) is 18.3 Å². The summed E-state index contributed by atoms with van der Waals surface area (Å²) in [4.78, 5) is 4.21. The van der Waals surface area contributed by atoms with E-state index in [-0.39, 0.29) is 0 Å². The Bertz CT molecular complexity index is 504. The second-order valence-corrected chi connectivity index (χ2v) is 5.59. The van der Waals surface area contributed by atoms with Crippen molar-refractivity contribution in [2.45, 2.75) is 45.8 Å². The molecule has 1 aliphatic rings. The van der Waals surface area contributed by atoms with Crippen molar-refractivity contribution in [2.75, 3.05) is 0 Å². The van der Waals surface area contributed by atoms with E-state index in [0.717, 1.165) is 5.69 Å². The van der Waals surface area contributed by atoms with E-state index in [1.807, 2.05) is 46.8 Å². The lowest BCUT2D eigenvalue weighted by atomic mass is 9.78. The monoisotopic (exact) mass is 244 g/mol. The molecule has 1 aromatic heterocycles. The quantitative estimate of drug-likeness (QED) is 0.703. The van der Waals surface area contributed by atoms with Crippen LogP contribution in [0.25, 0.3) is 0 Å². The molecule has 0 bridgehead atoms. The first-order valence-corrected chi connectivity index (χ1v) is 6.00. The van der Waals surface area contributed by atoms with Gasteiger partial charge < -0.3 is 9.31 Å². The molecule has 94 valence electrons. The Kier molecular flexibility index (Phi) is 2.96. The van der Waals surface area contributed by atoms with Crippen LogP contribution in [0.2, 0.25) is 0 Å². The Morgan fingerprint density at radius 2 is 1.72 bits per heavy atom. The normalized spacial score (nSPS) is 20.8. The SMILES string of the molecule is Cc1ccc(B2OC(C)(C)C(C)(C)O2)c(C#N)n1. The molecule has 1 fully saturated rings.